The highest BCUT2D eigenvalue weighted by molar-refractivity contribution is 5.69. The molecule has 3 aliphatic heterocycles. The van der Waals surface area contributed by atoms with Gasteiger partial charge < -0.3 is 145 Å². The van der Waals surface area contributed by atoms with Crippen LogP contribution >= 0.6 is 0 Å². The van der Waals surface area contributed by atoms with E-state index >= 15 is 0 Å². The van der Waals surface area contributed by atoms with Gasteiger partial charge in [0, 0.05) is 96.5 Å². The maximum atomic E-state index is 13.8. The van der Waals surface area contributed by atoms with E-state index in [0.717, 1.165) is 26.4 Å². The first-order valence-corrected chi connectivity index (χ1v) is 40.9. The van der Waals surface area contributed by atoms with E-state index in [9.17, 15) is 57.1 Å². The monoisotopic (exact) mass is 1690 g/mol. The van der Waals surface area contributed by atoms with Crippen LogP contribution in [-0.4, -0.2) is 329 Å². The Morgan fingerprint density at radius 3 is 1.02 bits per heavy atom. The second-order valence-corrected chi connectivity index (χ2v) is 28.2. The maximum Gasteiger partial charge on any atom is 0.308 e. The summed E-state index contributed by atoms with van der Waals surface area (Å²) in [6.45, 7) is 25.8. The molecular formula is C77H139N9O31. The van der Waals surface area contributed by atoms with Gasteiger partial charge in [-0.15, -0.1) is 0 Å². The maximum absolute atomic E-state index is 13.8. The number of rotatable bonds is 69. The molecule has 678 valence electrons. The van der Waals surface area contributed by atoms with Gasteiger partial charge in [-0.1, -0.05) is 142 Å². The Bertz CT molecular complexity index is 2840. The minimum atomic E-state index is -2.02. The first-order chi connectivity index (χ1) is 56.6. The highest BCUT2D eigenvalue weighted by Gasteiger charge is 2.56. The molecule has 3 heterocycles. The number of methoxy groups -OCH3 is 6. The molecule has 17 unspecified atom stereocenters. The van der Waals surface area contributed by atoms with Crippen molar-refractivity contribution >= 4 is 5.97 Å². The van der Waals surface area contributed by atoms with Crippen LogP contribution in [-0.2, 0) is 114 Å². The largest absolute Gasteiger partial charge is 0.496 e. The second-order valence-electron chi connectivity index (χ2n) is 28.2. The smallest absolute Gasteiger partial charge is 0.308 e. The van der Waals surface area contributed by atoms with Crippen molar-refractivity contribution in [1.82, 2.24) is 0 Å². The molecule has 3 saturated heterocycles. The van der Waals surface area contributed by atoms with Crippen molar-refractivity contribution in [3.05, 3.63) is 68.3 Å². The fourth-order valence-electron chi connectivity index (χ4n) is 12.9. The zero-order chi connectivity index (χ0) is 86.8. The molecule has 117 heavy (non-hydrogen) atoms. The predicted octanol–water partition coefficient (Wildman–Crippen LogP) is 7.95. The van der Waals surface area contributed by atoms with Gasteiger partial charge >= 0.3 is 5.97 Å². The van der Waals surface area contributed by atoms with Crippen LogP contribution in [0.3, 0.4) is 0 Å². The summed E-state index contributed by atoms with van der Waals surface area (Å²) in [5.74, 6) is -1.34. The van der Waals surface area contributed by atoms with Crippen LogP contribution in [0, 0.1) is 0 Å². The molecule has 0 aliphatic carbocycles. The number of hydrogen-bond donors (Lipinski definition) is 7. The van der Waals surface area contributed by atoms with E-state index in [2.05, 4.69) is 49.8 Å². The molecule has 7 N–H and O–H groups in total. The Morgan fingerprint density at radius 2 is 0.692 bits per heavy atom. The normalized spacial score (nSPS) is 26.6. The summed E-state index contributed by atoms with van der Waals surface area (Å²) in [6.07, 6.45) is -30.0. The third-order valence-electron chi connectivity index (χ3n) is 19.5. The summed E-state index contributed by atoms with van der Waals surface area (Å²) in [5, 5.41) is 95.1. The lowest BCUT2D eigenvalue weighted by Gasteiger charge is -2.47. The van der Waals surface area contributed by atoms with Gasteiger partial charge in [-0.05, 0) is 68.0 Å². The first kappa shape index (κ1) is 106. The van der Waals surface area contributed by atoms with Gasteiger partial charge in [0.15, 0.2) is 31.5 Å². The average molecular weight is 1690 g/mol. The predicted molar refractivity (Wildman–Crippen MR) is 419 cm³/mol. The molecule has 40 nitrogen and oxygen atoms in total. The zero-order valence-corrected chi connectivity index (χ0v) is 71.0. The van der Waals surface area contributed by atoms with E-state index in [-0.39, 0.29) is 70.1 Å². The lowest BCUT2D eigenvalue weighted by Crippen LogP contribution is -2.64. The third-order valence-corrected chi connectivity index (χ3v) is 19.5. The standard InChI is InChI=1S/C77H139N9O31/c1-18-26-34-101-46(9)61(102-35-27-19-2)58(92)75(98-15)115-67-52(45-89)114-73(56(83-86-80)70(67)108-41-33-25-8)111-49(42-53(90)95-12)64(105-38-30-22-5)60(94)77(100-17)117-66-51(44-88)113-72(55(82-85-79)69(66)107-40-32-24-7)110-48(11)63(104-37-29-21-4)59(93)76(99-16)116-65-50(43-87)112-71(54(81-84-78)68(65)106-39-31-23-6)109-47(10)62(103-36-28-20-3)57(91)74(96-13)97-14/h49-52,54-77,87-89,91-94H,9-11,18-45H2,1-8,12-17H3/t49-,50?,51?,52?,54?,55?,56?,57?,58?,59?,60?,61?,62?,63?,64?,65-,66-,67-,68?,69?,70?,71+,72+,73+,75+,76+,77+/m1/s1. The number of ether oxygens (including phenoxy) is 23. The Labute approximate surface area is 688 Å². The van der Waals surface area contributed by atoms with Crippen LogP contribution in [0.2, 0.25) is 0 Å². The molecule has 0 saturated carbocycles. The van der Waals surface area contributed by atoms with E-state index in [1.807, 2.05) is 55.4 Å². The highest BCUT2D eigenvalue weighted by Crippen LogP contribution is 2.39. The molecule has 3 rings (SSSR count). The first-order valence-electron chi connectivity index (χ1n) is 40.9. The van der Waals surface area contributed by atoms with Gasteiger partial charge in [-0.2, -0.15) is 0 Å². The minimum absolute atomic E-state index is 0.0237. The fraction of sp³-hybridized carbons (Fsp3) is 0.909. The van der Waals surface area contributed by atoms with Crippen LogP contribution in [0.4, 0.5) is 0 Å². The fourth-order valence-corrected chi connectivity index (χ4v) is 12.9. The summed E-state index contributed by atoms with van der Waals surface area (Å²) < 4.78 is 142. The van der Waals surface area contributed by atoms with Crippen molar-refractivity contribution in [3.63, 3.8) is 0 Å². The highest BCUT2D eigenvalue weighted by atomic mass is 16.8. The van der Waals surface area contributed by atoms with E-state index < -0.39 is 204 Å². The number of carbonyl (C=O) groups excluding carboxylic acids is 1. The molecule has 3 fully saturated rings. The molecule has 0 aromatic heterocycles. The quantitative estimate of drug-likeness (QED) is 0.00577. The van der Waals surface area contributed by atoms with Crippen molar-refractivity contribution in [1.29, 1.82) is 0 Å². The van der Waals surface area contributed by atoms with E-state index in [0.29, 0.717) is 83.5 Å². The van der Waals surface area contributed by atoms with Crippen molar-refractivity contribution < 1.29 is 149 Å². The molecule has 27 atom stereocenters. The Morgan fingerprint density at radius 1 is 0.393 bits per heavy atom. The topological polar surface area (TPSA) is 517 Å². The van der Waals surface area contributed by atoms with Crippen molar-refractivity contribution in [3.8, 4) is 0 Å². The number of azide groups is 3. The molecule has 3 aliphatic rings. The summed E-state index contributed by atoms with van der Waals surface area (Å²) in [5.41, 5.74) is 30.9. The summed E-state index contributed by atoms with van der Waals surface area (Å²) in [4.78, 5) is 23.1. The van der Waals surface area contributed by atoms with Gasteiger partial charge in [0.05, 0.1) is 46.1 Å². The van der Waals surface area contributed by atoms with E-state index in [1.165, 1.54) is 35.5 Å². The second kappa shape index (κ2) is 61.3. The molecular weight excluding hydrogens is 1550 g/mol. The number of carbonyl (C=O) groups is 1. The van der Waals surface area contributed by atoms with Crippen LogP contribution in [0.15, 0.2) is 52.4 Å². The number of unbranched alkanes of at least 4 members (excludes halogenated alkanes) is 8. The summed E-state index contributed by atoms with van der Waals surface area (Å²) in [7, 11) is 7.41. The Kier molecular flexibility index (Phi) is 55.6. The van der Waals surface area contributed by atoms with E-state index in [4.69, 9.17) is 109 Å². The van der Waals surface area contributed by atoms with E-state index in [1.54, 1.807) is 0 Å². The number of aliphatic hydroxyl groups excluding tert-OH is 7. The van der Waals surface area contributed by atoms with Gasteiger partial charge in [0.25, 0.3) is 0 Å². The summed E-state index contributed by atoms with van der Waals surface area (Å²) in [6, 6.07) is -4.57. The molecule has 40 heteroatoms. The van der Waals surface area contributed by atoms with Crippen LogP contribution in [0.5, 0.6) is 0 Å². The molecule has 0 amide bonds. The van der Waals surface area contributed by atoms with Crippen molar-refractivity contribution in [2.24, 2.45) is 15.3 Å². The molecule has 0 radical (unpaired) electrons. The third kappa shape index (κ3) is 33.6. The summed E-state index contributed by atoms with van der Waals surface area (Å²) >= 11 is 0. The SMILES string of the molecule is C=C(O[C@H]1OC(CO)[C@@H](O[C@H](OC)C(O)C(OCCCC)C(=C)O[C@H]2OC(CO)[C@@H](O[C@H](OC)C(O)C(OCCCC)[C@@H](CC(=O)OC)O[C@H]3OC(CO)[C@@H](O[C@H](OC)C(O)C(OCCCC)C(=C)OCCCC)C(OCCCC)C3N=[N+]=[N-])C(OCCCC)C2N=[N+]=[N-])C(OCCCC)C1N=[N+]=[N-])C(OCCCC)C(O)C(OC)OC. The minimum Gasteiger partial charge on any atom is -0.496 e. The lowest BCUT2D eigenvalue weighted by atomic mass is 9.95. The Hall–Kier alpha value is -5.02. The number of hydrogen-bond acceptors (Lipinski definition) is 34. The molecule has 0 bridgehead atoms. The van der Waals surface area contributed by atoms with Crippen LogP contribution in [0.25, 0.3) is 31.3 Å². The van der Waals surface area contributed by atoms with Crippen LogP contribution < -0.4 is 0 Å². The number of aliphatic hydroxyl groups is 7. The average Bonchev–Trinajstić information content (AvgIpc) is 0.787. The van der Waals surface area contributed by atoms with Gasteiger partial charge in [-0.3, -0.25) is 4.79 Å². The lowest BCUT2D eigenvalue weighted by molar-refractivity contribution is -0.336. The molecule has 0 spiro atoms. The number of nitrogens with zero attached hydrogens (tertiary/aromatic N) is 9. The van der Waals surface area contributed by atoms with Gasteiger partial charge in [0.2, 0.25) is 12.6 Å². The number of esters is 1. The molecule has 0 aromatic rings. The zero-order valence-electron chi connectivity index (χ0n) is 71.0. The van der Waals surface area contributed by atoms with Gasteiger partial charge in [0.1, 0.15) is 139 Å². The Balaban J connectivity index is 2.19. The van der Waals surface area contributed by atoms with Crippen LogP contribution in [0.1, 0.15) is 165 Å². The van der Waals surface area contributed by atoms with Gasteiger partial charge in [-0.25, -0.2) is 0 Å². The van der Waals surface area contributed by atoms with Crippen molar-refractivity contribution in [2.45, 2.75) is 337 Å². The molecule has 0 aromatic carbocycles. The van der Waals surface area contributed by atoms with Crippen molar-refractivity contribution in [2.75, 3.05) is 115 Å².